The second-order valence-electron chi connectivity index (χ2n) is 4.12. The van der Waals surface area contributed by atoms with Gasteiger partial charge in [-0.15, -0.1) is 0 Å². The first kappa shape index (κ1) is 13.4. The minimum atomic E-state index is -0.461. The Balaban J connectivity index is 2.42. The summed E-state index contributed by atoms with van der Waals surface area (Å²) in [6, 6.07) is 5.52. The van der Waals surface area contributed by atoms with Crippen molar-refractivity contribution in [3.8, 4) is 0 Å². The summed E-state index contributed by atoms with van der Waals surface area (Å²) in [5, 5.41) is 0.159. The van der Waals surface area contributed by atoms with Crippen molar-refractivity contribution < 1.29 is 14.0 Å². The molecule has 1 aliphatic heterocycles. The van der Waals surface area contributed by atoms with E-state index in [0.717, 1.165) is 0 Å². The molecule has 0 aromatic heterocycles. The van der Waals surface area contributed by atoms with Gasteiger partial charge in [-0.05, 0) is 36.0 Å². The number of carbonyl (C=O) groups excluding carboxylic acids is 2. The number of nitrogens with zero attached hydrogens (tertiary/aromatic N) is 2. The molecule has 1 heterocycles. The number of amides is 2. The zero-order valence-electron chi connectivity index (χ0n) is 10.4. The molecule has 1 saturated heterocycles. The molecule has 0 atom stereocenters. The molecule has 6 heteroatoms. The summed E-state index contributed by atoms with van der Waals surface area (Å²) in [6.45, 7) is 0. The average Bonchev–Trinajstić information content (AvgIpc) is 2.41. The molecule has 1 aliphatic rings. The lowest BCUT2D eigenvalue weighted by atomic mass is 10.1. The van der Waals surface area contributed by atoms with Crippen LogP contribution in [0.4, 0.5) is 4.39 Å². The highest BCUT2D eigenvalue weighted by Crippen LogP contribution is 2.18. The highest BCUT2D eigenvalue weighted by atomic mass is 32.1. The second-order valence-corrected chi connectivity index (χ2v) is 4.49. The zero-order chi connectivity index (χ0) is 14.2. The van der Waals surface area contributed by atoms with Crippen molar-refractivity contribution in [1.29, 1.82) is 0 Å². The lowest BCUT2D eigenvalue weighted by molar-refractivity contribution is -0.132. The van der Waals surface area contributed by atoms with E-state index in [2.05, 4.69) is 0 Å². The number of hydrogen-bond acceptors (Lipinski definition) is 3. The molecule has 4 nitrogen and oxygen atoms in total. The van der Waals surface area contributed by atoms with Crippen LogP contribution in [-0.2, 0) is 9.59 Å². The largest absolute Gasteiger partial charge is 0.288 e. The normalized spacial score (nSPS) is 16.2. The second kappa shape index (κ2) is 4.89. The van der Waals surface area contributed by atoms with E-state index in [-0.39, 0.29) is 16.5 Å². The number of benzene rings is 1. The van der Waals surface area contributed by atoms with Gasteiger partial charge in [0.25, 0.3) is 11.8 Å². The SMILES string of the molecule is CN1C(=O)C(=Cc2ccc(F)cc2)C(=O)N(C)C1=S. The van der Waals surface area contributed by atoms with Crippen LogP contribution < -0.4 is 0 Å². The Labute approximate surface area is 115 Å². The first-order chi connectivity index (χ1) is 8.91. The van der Waals surface area contributed by atoms with Crippen LogP contribution >= 0.6 is 12.2 Å². The maximum Gasteiger partial charge on any atom is 0.265 e. The molecule has 0 saturated carbocycles. The van der Waals surface area contributed by atoms with Gasteiger partial charge in [0, 0.05) is 14.1 Å². The molecule has 98 valence electrons. The van der Waals surface area contributed by atoms with Crippen molar-refractivity contribution in [2.45, 2.75) is 0 Å². The fourth-order valence-electron chi connectivity index (χ4n) is 1.70. The van der Waals surface area contributed by atoms with Crippen LogP contribution in [0.3, 0.4) is 0 Å². The van der Waals surface area contributed by atoms with Crippen LogP contribution in [0.1, 0.15) is 5.56 Å². The molecule has 1 fully saturated rings. The summed E-state index contributed by atoms with van der Waals surface area (Å²) in [5.74, 6) is -1.30. The molecule has 0 unspecified atom stereocenters. The van der Waals surface area contributed by atoms with Gasteiger partial charge in [-0.2, -0.15) is 0 Å². The topological polar surface area (TPSA) is 40.6 Å². The number of rotatable bonds is 1. The highest BCUT2D eigenvalue weighted by molar-refractivity contribution is 7.80. The third kappa shape index (κ3) is 2.39. The van der Waals surface area contributed by atoms with E-state index < -0.39 is 11.8 Å². The van der Waals surface area contributed by atoms with Gasteiger partial charge >= 0.3 is 0 Å². The molecule has 2 rings (SSSR count). The minimum Gasteiger partial charge on any atom is -0.288 e. The van der Waals surface area contributed by atoms with E-state index in [1.165, 1.54) is 54.2 Å². The highest BCUT2D eigenvalue weighted by Gasteiger charge is 2.35. The summed E-state index contributed by atoms with van der Waals surface area (Å²) in [5.41, 5.74) is 0.581. The number of hydrogen-bond donors (Lipinski definition) is 0. The van der Waals surface area contributed by atoms with Crippen LogP contribution in [0.25, 0.3) is 6.08 Å². The van der Waals surface area contributed by atoms with E-state index in [1.807, 2.05) is 0 Å². The first-order valence-electron chi connectivity index (χ1n) is 5.49. The first-order valence-corrected chi connectivity index (χ1v) is 5.90. The smallest absolute Gasteiger partial charge is 0.265 e. The zero-order valence-corrected chi connectivity index (χ0v) is 11.2. The fraction of sp³-hybridized carbons (Fsp3) is 0.154. The molecule has 0 bridgehead atoms. The molecule has 2 amide bonds. The van der Waals surface area contributed by atoms with Crippen LogP contribution in [0.2, 0.25) is 0 Å². The molecule has 0 N–H and O–H groups in total. The van der Waals surface area contributed by atoms with Crippen LogP contribution in [0.5, 0.6) is 0 Å². The number of thiocarbonyl (C=S) groups is 1. The lowest BCUT2D eigenvalue weighted by Crippen LogP contribution is -2.52. The quantitative estimate of drug-likeness (QED) is 0.443. The molecule has 19 heavy (non-hydrogen) atoms. The van der Waals surface area contributed by atoms with Crippen molar-refractivity contribution in [3.63, 3.8) is 0 Å². The summed E-state index contributed by atoms with van der Waals surface area (Å²) >= 11 is 4.97. The van der Waals surface area contributed by atoms with E-state index in [0.29, 0.717) is 5.56 Å². The Hall–Kier alpha value is -2.08. The van der Waals surface area contributed by atoms with E-state index in [4.69, 9.17) is 12.2 Å². The number of carbonyl (C=O) groups is 2. The summed E-state index contributed by atoms with van der Waals surface area (Å²) in [4.78, 5) is 26.5. The number of likely N-dealkylation sites (N-methyl/N-ethyl adjacent to an activating group) is 2. The van der Waals surface area contributed by atoms with Crippen molar-refractivity contribution in [1.82, 2.24) is 9.80 Å². The van der Waals surface area contributed by atoms with Crippen molar-refractivity contribution in [3.05, 3.63) is 41.2 Å². The molecular formula is C13H11FN2O2S. The summed E-state index contributed by atoms with van der Waals surface area (Å²) < 4.78 is 12.8. The average molecular weight is 278 g/mol. The fourth-order valence-corrected chi connectivity index (χ4v) is 1.87. The third-order valence-electron chi connectivity index (χ3n) is 2.82. The van der Waals surface area contributed by atoms with Crippen molar-refractivity contribution >= 4 is 35.2 Å². The van der Waals surface area contributed by atoms with Crippen LogP contribution in [0, 0.1) is 5.82 Å². The van der Waals surface area contributed by atoms with Gasteiger partial charge < -0.3 is 0 Å². The van der Waals surface area contributed by atoms with Crippen LogP contribution in [0.15, 0.2) is 29.8 Å². The molecule has 1 aromatic carbocycles. The maximum atomic E-state index is 12.8. The Kier molecular flexibility index (Phi) is 3.44. The Morgan fingerprint density at radius 1 is 1.05 bits per heavy atom. The number of halogens is 1. The van der Waals surface area contributed by atoms with Crippen LogP contribution in [-0.4, -0.2) is 40.8 Å². The molecule has 0 aliphatic carbocycles. The minimum absolute atomic E-state index is 0.00482. The molecule has 1 aromatic rings. The van der Waals surface area contributed by atoms with E-state index in [9.17, 15) is 14.0 Å². The standard InChI is InChI=1S/C13H11FN2O2S/c1-15-11(17)10(12(18)16(2)13(15)19)7-8-3-5-9(14)6-4-8/h3-7H,1-2H3. The predicted octanol–water partition coefficient (Wildman–Crippen LogP) is 1.42. The predicted molar refractivity (Wildman–Crippen MR) is 72.5 cm³/mol. The van der Waals surface area contributed by atoms with Gasteiger partial charge in [0.1, 0.15) is 11.4 Å². The lowest BCUT2D eigenvalue weighted by Gasteiger charge is -2.31. The molecular weight excluding hydrogens is 267 g/mol. The van der Waals surface area contributed by atoms with Gasteiger partial charge in [-0.3, -0.25) is 19.4 Å². The van der Waals surface area contributed by atoms with Gasteiger partial charge in [-0.25, -0.2) is 4.39 Å². The van der Waals surface area contributed by atoms with Gasteiger partial charge in [0.15, 0.2) is 5.11 Å². The van der Waals surface area contributed by atoms with Crippen molar-refractivity contribution in [2.75, 3.05) is 14.1 Å². The third-order valence-corrected chi connectivity index (χ3v) is 3.37. The van der Waals surface area contributed by atoms with Gasteiger partial charge in [-0.1, -0.05) is 12.1 Å². The van der Waals surface area contributed by atoms with Gasteiger partial charge in [0.05, 0.1) is 0 Å². The van der Waals surface area contributed by atoms with Crippen molar-refractivity contribution in [2.24, 2.45) is 0 Å². The molecule has 0 spiro atoms. The summed E-state index contributed by atoms with van der Waals surface area (Å²) in [6.07, 6.45) is 1.43. The van der Waals surface area contributed by atoms with E-state index in [1.54, 1.807) is 0 Å². The van der Waals surface area contributed by atoms with Gasteiger partial charge in [0.2, 0.25) is 0 Å². The van der Waals surface area contributed by atoms with E-state index >= 15 is 0 Å². The molecule has 0 radical (unpaired) electrons. The maximum absolute atomic E-state index is 12.8. The Bertz CT molecular complexity index is 569. The summed E-state index contributed by atoms with van der Waals surface area (Å²) in [7, 11) is 3.01. The Morgan fingerprint density at radius 2 is 1.53 bits per heavy atom. The monoisotopic (exact) mass is 278 g/mol. The Morgan fingerprint density at radius 3 is 2.00 bits per heavy atom.